The molecule has 0 saturated carbocycles. The Hall–Kier alpha value is -4.11. The van der Waals surface area contributed by atoms with Gasteiger partial charge >= 0.3 is 0 Å². The summed E-state index contributed by atoms with van der Waals surface area (Å²) >= 11 is 0. The number of piperidine rings is 1. The first kappa shape index (κ1) is 30.4. The average molecular weight is 590 g/mol. The van der Waals surface area contributed by atoms with Crippen LogP contribution in [0.25, 0.3) is 0 Å². The number of carbonyl (C=O) groups excluding carboxylic acids is 2. The SMILES string of the molecule is CCC1(C2CCNC2)C(c2ccccc2F)C(C(N)=O)(c2ccccc2)CCN1C(=O)c1cc(OC)c(OC)c(OC)c1. The number of ether oxygens (including phenoxy) is 3. The third kappa shape index (κ3) is 4.79. The number of primary amides is 1. The molecule has 228 valence electrons. The molecule has 2 saturated heterocycles. The first-order chi connectivity index (χ1) is 20.8. The zero-order valence-corrected chi connectivity index (χ0v) is 25.2. The zero-order valence-electron chi connectivity index (χ0n) is 25.2. The Morgan fingerprint density at radius 3 is 2.19 bits per heavy atom. The smallest absolute Gasteiger partial charge is 0.254 e. The van der Waals surface area contributed by atoms with E-state index in [1.54, 1.807) is 30.3 Å². The van der Waals surface area contributed by atoms with E-state index >= 15 is 4.39 Å². The fourth-order valence-electron chi connectivity index (χ4n) is 7.79. The van der Waals surface area contributed by atoms with Crippen LogP contribution in [0.15, 0.2) is 66.7 Å². The molecule has 8 nitrogen and oxygen atoms in total. The molecular formula is C34H40FN3O5. The van der Waals surface area contributed by atoms with Gasteiger partial charge in [-0.05, 0) is 61.1 Å². The van der Waals surface area contributed by atoms with Gasteiger partial charge in [-0.1, -0.05) is 55.5 Å². The topological polar surface area (TPSA) is 103 Å². The summed E-state index contributed by atoms with van der Waals surface area (Å²) < 4.78 is 32.7. The van der Waals surface area contributed by atoms with Crippen LogP contribution in [0.5, 0.6) is 17.2 Å². The Morgan fingerprint density at radius 1 is 1.00 bits per heavy atom. The lowest BCUT2D eigenvalue weighted by Gasteiger charge is -2.61. The number of nitrogens with one attached hydrogen (secondary N) is 1. The first-order valence-electron chi connectivity index (χ1n) is 14.7. The van der Waals surface area contributed by atoms with E-state index in [2.05, 4.69) is 5.32 Å². The fourth-order valence-corrected chi connectivity index (χ4v) is 7.79. The molecule has 2 aliphatic heterocycles. The minimum atomic E-state index is -1.27. The molecule has 2 amide bonds. The van der Waals surface area contributed by atoms with Gasteiger partial charge in [-0.2, -0.15) is 0 Å². The largest absolute Gasteiger partial charge is 0.493 e. The van der Waals surface area contributed by atoms with Crippen LogP contribution < -0.4 is 25.3 Å². The number of halogens is 1. The predicted octanol–water partition coefficient (Wildman–Crippen LogP) is 4.66. The fraction of sp³-hybridized carbons (Fsp3) is 0.412. The summed E-state index contributed by atoms with van der Waals surface area (Å²) in [4.78, 5) is 30.6. The number of carbonyl (C=O) groups is 2. The van der Waals surface area contributed by atoms with Crippen LogP contribution in [0.1, 0.15) is 53.6 Å². The second-order valence-corrected chi connectivity index (χ2v) is 11.3. The molecule has 3 aromatic carbocycles. The van der Waals surface area contributed by atoms with Gasteiger partial charge in [0.05, 0.1) is 32.3 Å². The van der Waals surface area contributed by atoms with Gasteiger partial charge in [0.1, 0.15) is 5.82 Å². The van der Waals surface area contributed by atoms with Crippen molar-refractivity contribution in [2.45, 2.75) is 43.1 Å². The van der Waals surface area contributed by atoms with Crippen molar-refractivity contribution in [3.8, 4) is 17.2 Å². The van der Waals surface area contributed by atoms with Gasteiger partial charge in [0.25, 0.3) is 5.91 Å². The van der Waals surface area contributed by atoms with Gasteiger partial charge in [-0.25, -0.2) is 4.39 Å². The highest BCUT2D eigenvalue weighted by atomic mass is 19.1. The number of hydrogen-bond donors (Lipinski definition) is 2. The molecule has 3 N–H and O–H groups in total. The molecule has 2 heterocycles. The number of methoxy groups -OCH3 is 3. The van der Waals surface area contributed by atoms with Crippen LogP contribution in [-0.4, -0.2) is 63.2 Å². The van der Waals surface area contributed by atoms with Gasteiger partial charge in [0.2, 0.25) is 11.7 Å². The van der Waals surface area contributed by atoms with Crippen molar-refractivity contribution < 1.29 is 28.2 Å². The van der Waals surface area contributed by atoms with E-state index in [9.17, 15) is 9.59 Å². The Kier molecular flexibility index (Phi) is 8.64. The summed E-state index contributed by atoms with van der Waals surface area (Å²) in [5, 5.41) is 3.46. The molecule has 2 fully saturated rings. The van der Waals surface area contributed by atoms with Gasteiger partial charge in [-0.15, -0.1) is 0 Å². The summed E-state index contributed by atoms with van der Waals surface area (Å²) in [5.41, 5.74) is 5.59. The molecule has 0 aliphatic carbocycles. The maximum Gasteiger partial charge on any atom is 0.254 e. The highest BCUT2D eigenvalue weighted by Gasteiger charge is 2.64. The normalized spacial score (nSPS) is 25.3. The van der Waals surface area contributed by atoms with E-state index in [4.69, 9.17) is 19.9 Å². The van der Waals surface area contributed by atoms with Crippen LogP contribution in [0.3, 0.4) is 0 Å². The van der Waals surface area contributed by atoms with Crippen molar-refractivity contribution in [1.82, 2.24) is 10.2 Å². The molecule has 4 atom stereocenters. The van der Waals surface area contributed by atoms with Crippen LogP contribution in [0.2, 0.25) is 0 Å². The van der Waals surface area contributed by atoms with E-state index in [0.717, 1.165) is 18.5 Å². The first-order valence-corrected chi connectivity index (χ1v) is 14.7. The third-order valence-corrected chi connectivity index (χ3v) is 9.66. The number of nitrogens with two attached hydrogens (primary N) is 1. The molecular weight excluding hydrogens is 549 g/mol. The Balaban J connectivity index is 1.80. The highest BCUT2D eigenvalue weighted by molar-refractivity contribution is 5.97. The molecule has 9 heteroatoms. The summed E-state index contributed by atoms with van der Waals surface area (Å²) in [6.45, 7) is 3.62. The summed E-state index contributed by atoms with van der Waals surface area (Å²) in [5.74, 6) is -0.993. The zero-order chi connectivity index (χ0) is 30.8. The minimum Gasteiger partial charge on any atom is -0.493 e. The van der Waals surface area contributed by atoms with Gasteiger partial charge in [-0.3, -0.25) is 9.59 Å². The molecule has 4 unspecified atom stereocenters. The highest BCUT2D eigenvalue weighted by Crippen LogP contribution is 2.58. The van der Waals surface area contributed by atoms with Gasteiger partial charge in [0, 0.05) is 24.6 Å². The standard InChI is InChI=1S/C34H40FN3O5/c1-5-34(24-15-17-37-21-24)30(25-13-9-10-14-26(25)35)33(32(36)40,23-11-7-6-8-12-23)16-18-38(34)31(39)22-19-27(41-2)29(43-4)28(20-22)42-3/h6-14,19-20,24,30,37H,5,15-18,21H2,1-4H3,(H2,36,40). The summed E-state index contributed by atoms with van der Waals surface area (Å²) in [6.07, 6.45) is 1.45. The number of nitrogens with zero attached hydrogens (tertiary/aromatic N) is 1. The summed E-state index contributed by atoms with van der Waals surface area (Å²) in [6, 6.07) is 19.3. The Morgan fingerprint density at radius 2 is 1.65 bits per heavy atom. The maximum absolute atomic E-state index is 16.1. The molecule has 43 heavy (non-hydrogen) atoms. The molecule has 0 bridgehead atoms. The predicted molar refractivity (Wildman–Crippen MR) is 162 cm³/mol. The van der Waals surface area contributed by atoms with Crippen LogP contribution in [-0.2, 0) is 10.2 Å². The molecule has 2 aliphatic rings. The molecule has 0 aromatic heterocycles. The van der Waals surface area contributed by atoms with E-state index in [-0.39, 0.29) is 24.8 Å². The lowest BCUT2D eigenvalue weighted by atomic mass is 9.51. The number of hydrogen-bond acceptors (Lipinski definition) is 6. The third-order valence-electron chi connectivity index (χ3n) is 9.66. The molecule has 0 radical (unpaired) electrons. The maximum atomic E-state index is 16.1. The monoisotopic (exact) mass is 589 g/mol. The van der Waals surface area contributed by atoms with Crippen LogP contribution in [0.4, 0.5) is 4.39 Å². The lowest BCUT2D eigenvalue weighted by Crippen LogP contribution is -2.70. The van der Waals surface area contributed by atoms with Gasteiger partial charge < -0.3 is 30.2 Å². The quantitative estimate of drug-likeness (QED) is 0.376. The summed E-state index contributed by atoms with van der Waals surface area (Å²) in [7, 11) is 4.51. The second kappa shape index (κ2) is 12.2. The van der Waals surface area contributed by atoms with Crippen molar-refractivity contribution in [3.05, 3.63) is 89.2 Å². The minimum absolute atomic E-state index is 0.0872. The lowest BCUT2D eigenvalue weighted by molar-refractivity contribution is -0.131. The number of amides is 2. The molecule has 3 aromatic rings. The van der Waals surface area contributed by atoms with Crippen molar-refractivity contribution >= 4 is 11.8 Å². The number of likely N-dealkylation sites (tertiary alicyclic amines) is 1. The van der Waals surface area contributed by atoms with Gasteiger partial charge in [0.15, 0.2) is 11.5 Å². The average Bonchev–Trinajstić information content (AvgIpc) is 3.59. The second-order valence-electron chi connectivity index (χ2n) is 11.3. The van der Waals surface area contributed by atoms with Crippen molar-refractivity contribution in [3.63, 3.8) is 0 Å². The van der Waals surface area contributed by atoms with Crippen molar-refractivity contribution in [1.29, 1.82) is 0 Å². The Bertz CT molecular complexity index is 1450. The Labute approximate surface area is 252 Å². The van der Waals surface area contributed by atoms with E-state index in [0.29, 0.717) is 41.3 Å². The number of rotatable bonds is 9. The van der Waals surface area contributed by atoms with E-state index in [1.807, 2.05) is 42.2 Å². The van der Waals surface area contributed by atoms with Crippen LogP contribution >= 0.6 is 0 Å². The van der Waals surface area contributed by atoms with Crippen LogP contribution in [0, 0.1) is 11.7 Å². The molecule has 0 spiro atoms. The number of benzene rings is 3. The van der Waals surface area contributed by atoms with E-state index in [1.165, 1.54) is 27.4 Å². The van der Waals surface area contributed by atoms with Crippen molar-refractivity contribution in [2.24, 2.45) is 11.7 Å². The van der Waals surface area contributed by atoms with E-state index < -0.39 is 28.6 Å². The van der Waals surface area contributed by atoms with Crippen molar-refractivity contribution in [2.75, 3.05) is 41.0 Å². The molecule has 5 rings (SSSR count).